The summed E-state index contributed by atoms with van der Waals surface area (Å²) < 4.78 is 0. The second-order valence-corrected chi connectivity index (χ2v) is 7.65. The monoisotopic (exact) mass is 490 g/mol. The first-order valence-corrected chi connectivity index (χ1v) is 12.2. The lowest BCUT2D eigenvalue weighted by Crippen LogP contribution is -1.74. The van der Waals surface area contributed by atoms with E-state index in [1.165, 1.54) is 0 Å². The van der Waals surface area contributed by atoms with Gasteiger partial charge in [0.05, 0.1) is 23.3 Å². The van der Waals surface area contributed by atoms with Gasteiger partial charge in [-0.2, -0.15) is 10.5 Å². The molecule has 0 fully saturated rings. The highest BCUT2D eigenvalue weighted by Crippen LogP contribution is 2.03. The Morgan fingerprint density at radius 2 is 0.737 bits per heavy atom. The molecule has 2 aromatic carbocycles. The van der Waals surface area contributed by atoms with E-state index in [0.717, 1.165) is 11.1 Å². The summed E-state index contributed by atoms with van der Waals surface area (Å²) in [5.41, 5.74) is 3.22. The van der Waals surface area contributed by atoms with Crippen LogP contribution in [0, 0.1) is 22.7 Å². The van der Waals surface area contributed by atoms with Crippen LogP contribution in [0.1, 0.15) is 11.1 Å². The molecule has 2 nitrogen and oxygen atoms in total. The van der Waals surface area contributed by atoms with Crippen LogP contribution in [0.2, 0.25) is 0 Å². The van der Waals surface area contributed by atoms with Crippen LogP contribution in [-0.2, 0) is 0 Å². The summed E-state index contributed by atoms with van der Waals surface area (Å²) in [6.07, 6.45) is 37.3. The van der Waals surface area contributed by atoms with E-state index in [0.29, 0.717) is 11.1 Å². The van der Waals surface area contributed by atoms with Crippen molar-refractivity contribution < 1.29 is 0 Å². The zero-order valence-corrected chi connectivity index (χ0v) is 21.2. The summed E-state index contributed by atoms with van der Waals surface area (Å²) in [6, 6.07) is 24.5. The molecule has 0 unspecified atom stereocenters. The van der Waals surface area contributed by atoms with Crippen LogP contribution in [0.15, 0.2) is 181 Å². The van der Waals surface area contributed by atoms with E-state index in [1.54, 1.807) is 36.5 Å². The van der Waals surface area contributed by atoms with Crippen LogP contribution in [0.5, 0.6) is 0 Å². The fourth-order valence-corrected chi connectivity index (χ4v) is 2.86. The Balaban J connectivity index is 1.78. The fourth-order valence-electron chi connectivity index (χ4n) is 2.86. The Morgan fingerprint density at radius 3 is 1.08 bits per heavy atom. The van der Waals surface area contributed by atoms with Gasteiger partial charge in [-0.05, 0) is 35.4 Å². The molecular weight excluding hydrogens is 460 g/mol. The predicted octanol–water partition coefficient (Wildman–Crippen LogP) is 9.21. The summed E-state index contributed by atoms with van der Waals surface area (Å²) in [4.78, 5) is 0. The Kier molecular flexibility index (Phi) is 15.0. The molecule has 2 heteroatoms. The molecule has 0 aliphatic rings. The van der Waals surface area contributed by atoms with Crippen LogP contribution in [0.3, 0.4) is 0 Å². The van der Waals surface area contributed by atoms with Crippen molar-refractivity contribution in [1.82, 2.24) is 0 Å². The standard InChI is InChI=1S/C36H30N2/c37-31-35(27-15-9-5-1-3-7-13-21-33-23-17-11-18-24-33)29-30-36(32-38)28-16-10-6-2-4-8-14-22-34-25-19-12-20-26-34/h1-30H/b5-1+,6-2+,7-3+,8-4+,15-9+,16-10+,21-13+,22-14+,30-29+,35-27-,36-28+. The average molecular weight is 491 g/mol. The highest BCUT2D eigenvalue weighted by molar-refractivity contribution is 5.51. The maximum Gasteiger partial charge on any atom is 0.0991 e. The lowest BCUT2D eigenvalue weighted by atomic mass is 10.2. The van der Waals surface area contributed by atoms with Crippen molar-refractivity contribution in [2.75, 3.05) is 0 Å². The Labute approximate surface area is 226 Å². The summed E-state index contributed by atoms with van der Waals surface area (Å²) in [6.45, 7) is 0. The molecule has 184 valence electrons. The van der Waals surface area contributed by atoms with Crippen molar-refractivity contribution in [1.29, 1.82) is 10.5 Å². The molecule has 38 heavy (non-hydrogen) atoms. The summed E-state index contributed by atoms with van der Waals surface area (Å²) >= 11 is 0. The Hall–Kier alpha value is -5.44. The normalized spacial score (nSPS) is 13.6. The molecule has 0 atom stereocenters. The number of hydrogen-bond acceptors (Lipinski definition) is 2. The minimum Gasteiger partial charge on any atom is -0.192 e. The lowest BCUT2D eigenvalue weighted by Gasteiger charge is -1.88. The first-order chi connectivity index (χ1) is 18.8. The molecule has 0 aliphatic carbocycles. The third kappa shape index (κ3) is 14.1. The van der Waals surface area contributed by atoms with E-state index >= 15 is 0 Å². The highest BCUT2D eigenvalue weighted by Gasteiger charge is 1.89. The maximum absolute atomic E-state index is 9.33. The van der Waals surface area contributed by atoms with Gasteiger partial charge in [0.15, 0.2) is 0 Å². The van der Waals surface area contributed by atoms with E-state index in [1.807, 2.05) is 146 Å². The van der Waals surface area contributed by atoms with Crippen molar-refractivity contribution in [3.8, 4) is 12.1 Å². The summed E-state index contributed by atoms with van der Waals surface area (Å²) in [7, 11) is 0. The molecule has 0 saturated carbocycles. The maximum atomic E-state index is 9.33. The van der Waals surface area contributed by atoms with Gasteiger partial charge in [0.25, 0.3) is 0 Å². The predicted molar refractivity (Wildman–Crippen MR) is 162 cm³/mol. The number of nitriles is 2. The summed E-state index contributed by atoms with van der Waals surface area (Å²) in [5, 5.41) is 18.7. The largest absolute Gasteiger partial charge is 0.192 e. The van der Waals surface area contributed by atoms with Crippen molar-refractivity contribution >= 4 is 12.2 Å². The molecule has 0 aromatic heterocycles. The zero-order valence-electron chi connectivity index (χ0n) is 21.2. The van der Waals surface area contributed by atoms with Gasteiger partial charge in [0.1, 0.15) is 0 Å². The van der Waals surface area contributed by atoms with E-state index in [2.05, 4.69) is 12.1 Å². The Morgan fingerprint density at radius 1 is 0.421 bits per heavy atom. The minimum atomic E-state index is 0.453. The minimum absolute atomic E-state index is 0.453. The second-order valence-electron chi connectivity index (χ2n) is 7.65. The Bertz CT molecular complexity index is 1280. The molecule has 0 bridgehead atoms. The number of rotatable bonds is 12. The van der Waals surface area contributed by atoms with E-state index in [4.69, 9.17) is 0 Å². The van der Waals surface area contributed by atoms with Crippen molar-refractivity contribution in [2.24, 2.45) is 0 Å². The summed E-state index contributed by atoms with van der Waals surface area (Å²) in [5.74, 6) is 0. The molecule has 2 aromatic rings. The van der Waals surface area contributed by atoms with Gasteiger partial charge in [0.2, 0.25) is 0 Å². The number of allylic oxidation sites excluding steroid dienone is 20. The van der Waals surface area contributed by atoms with Crippen LogP contribution in [0.4, 0.5) is 0 Å². The van der Waals surface area contributed by atoms with E-state index < -0.39 is 0 Å². The number of nitrogens with zero attached hydrogens (tertiary/aromatic N) is 2. The molecule has 0 amide bonds. The smallest absolute Gasteiger partial charge is 0.0991 e. The molecule has 0 saturated heterocycles. The average Bonchev–Trinajstić information content (AvgIpc) is 2.96. The molecule has 2 rings (SSSR count). The van der Waals surface area contributed by atoms with Gasteiger partial charge in [0, 0.05) is 0 Å². The first kappa shape index (κ1) is 28.8. The van der Waals surface area contributed by atoms with Crippen molar-refractivity contribution in [2.45, 2.75) is 0 Å². The van der Waals surface area contributed by atoms with E-state index in [9.17, 15) is 10.5 Å². The highest BCUT2D eigenvalue weighted by atomic mass is 14.2. The van der Waals surface area contributed by atoms with Crippen LogP contribution >= 0.6 is 0 Å². The molecule has 0 heterocycles. The fraction of sp³-hybridized carbons (Fsp3) is 0. The molecule has 0 radical (unpaired) electrons. The quantitative estimate of drug-likeness (QED) is 0.220. The van der Waals surface area contributed by atoms with Gasteiger partial charge in [-0.15, -0.1) is 0 Å². The lowest BCUT2D eigenvalue weighted by molar-refractivity contribution is 1.48. The zero-order chi connectivity index (χ0) is 26.9. The molecule has 0 spiro atoms. The van der Waals surface area contributed by atoms with Gasteiger partial charge in [-0.3, -0.25) is 0 Å². The third-order valence-corrected chi connectivity index (χ3v) is 4.76. The first-order valence-electron chi connectivity index (χ1n) is 12.2. The number of benzene rings is 2. The van der Waals surface area contributed by atoms with Crippen molar-refractivity contribution in [3.63, 3.8) is 0 Å². The number of hydrogen-bond donors (Lipinski definition) is 0. The third-order valence-electron chi connectivity index (χ3n) is 4.76. The van der Waals surface area contributed by atoms with Crippen LogP contribution < -0.4 is 0 Å². The molecule has 0 aliphatic heterocycles. The van der Waals surface area contributed by atoms with Gasteiger partial charge in [-0.1, -0.05) is 158 Å². The van der Waals surface area contributed by atoms with Crippen LogP contribution in [0.25, 0.3) is 12.2 Å². The molecular formula is C36H30N2. The SMILES string of the molecule is N#CC(=C\C=C\C=C\C=C\C=C\c1ccccc1)/C=C/C(C#N)=C\C=C\C=C\C=C\C=C\c1ccccc1. The molecule has 0 N–H and O–H groups in total. The van der Waals surface area contributed by atoms with Gasteiger partial charge in [-0.25, -0.2) is 0 Å². The topological polar surface area (TPSA) is 47.6 Å². The van der Waals surface area contributed by atoms with E-state index in [-0.39, 0.29) is 0 Å². The van der Waals surface area contributed by atoms with Gasteiger partial charge >= 0.3 is 0 Å². The van der Waals surface area contributed by atoms with Crippen LogP contribution in [-0.4, -0.2) is 0 Å². The van der Waals surface area contributed by atoms with Crippen molar-refractivity contribution in [3.05, 3.63) is 192 Å². The van der Waals surface area contributed by atoms with Gasteiger partial charge < -0.3 is 0 Å². The second kappa shape index (κ2) is 19.8.